The predicted octanol–water partition coefficient (Wildman–Crippen LogP) is 4.25. The molecule has 324 valence electrons. The van der Waals surface area contributed by atoms with Crippen molar-refractivity contribution in [3.8, 4) is 0 Å². The molecule has 0 saturated carbocycles. The number of carboxylic acid groups (broad SMARTS) is 3. The lowest BCUT2D eigenvalue weighted by Gasteiger charge is -2.21. The molecule has 0 heterocycles. The van der Waals surface area contributed by atoms with Gasteiger partial charge in [-0.05, 0) is 38.5 Å². The van der Waals surface area contributed by atoms with Crippen LogP contribution in [0.1, 0.15) is 157 Å². The van der Waals surface area contributed by atoms with E-state index in [4.69, 9.17) is 48.1 Å². The van der Waals surface area contributed by atoms with Gasteiger partial charge in [0, 0.05) is 0 Å². The van der Waals surface area contributed by atoms with Crippen molar-refractivity contribution >= 4 is 43.1 Å². The Hall–Kier alpha value is -3.36. The summed E-state index contributed by atoms with van der Waals surface area (Å²) in [7, 11) is -2.17. The van der Waals surface area contributed by atoms with Crippen molar-refractivity contribution in [2.45, 2.75) is 157 Å². The van der Waals surface area contributed by atoms with Crippen LogP contribution in [0.3, 0.4) is 0 Å². The van der Waals surface area contributed by atoms with Crippen LogP contribution in [0, 0.1) is 35.5 Å². The van der Waals surface area contributed by atoms with Gasteiger partial charge in [0.25, 0.3) is 0 Å². The fourth-order valence-corrected chi connectivity index (χ4v) is 5.75. The van der Waals surface area contributed by atoms with E-state index in [2.05, 4.69) is 14.5 Å². The molecule has 0 spiro atoms. The molecule has 19 heteroatoms. The number of nitrogens with two attached hydrogens (primary N) is 3. The average Bonchev–Trinajstić information content (AvgIpc) is 3.14. The van der Waals surface area contributed by atoms with Crippen LogP contribution in [0.4, 0.5) is 0 Å². The van der Waals surface area contributed by atoms with E-state index in [0.717, 1.165) is 77.0 Å². The number of carboxylic acids is 3. The third-order valence-electron chi connectivity index (χ3n) is 8.88. The van der Waals surface area contributed by atoms with Crippen molar-refractivity contribution < 1.29 is 73.7 Å². The Morgan fingerprint density at radius 1 is 0.400 bits per heavy atom. The molecule has 0 aromatic heterocycles. The fourth-order valence-electron chi connectivity index (χ4n) is 5.75. The van der Waals surface area contributed by atoms with Crippen molar-refractivity contribution in [1.29, 1.82) is 0 Å². The molecule has 6 unspecified atom stereocenters. The largest absolute Gasteiger partial charge is 0.631 e. The van der Waals surface area contributed by atoms with E-state index in [1.807, 2.05) is 41.5 Å². The van der Waals surface area contributed by atoms with Gasteiger partial charge < -0.3 is 44.9 Å². The maximum atomic E-state index is 11.5. The molecular weight excluding hydrogens is 725 g/mol. The zero-order valence-corrected chi connectivity index (χ0v) is 33.9. The molecular formula is C36H72BN3O15. The monoisotopic (exact) mass is 798 g/mol. The molecule has 18 nitrogen and oxygen atoms in total. The first-order valence-electron chi connectivity index (χ1n) is 19.4. The van der Waals surface area contributed by atoms with E-state index < -0.39 is 78.6 Å². The zero-order valence-electron chi connectivity index (χ0n) is 33.9. The Labute approximate surface area is 326 Å². The van der Waals surface area contributed by atoms with Crippen LogP contribution in [0.15, 0.2) is 0 Å². The summed E-state index contributed by atoms with van der Waals surface area (Å²) in [6, 6.07) is 0. The molecule has 55 heavy (non-hydrogen) atoms. The normalized spacial score (nSPS) is 13.5. The summed E-state index contributed by atoms with van der Waals surface area (Å²) in [5.41, 5.74) is 0. The Morgan fingerprint density at radius 2 is 0.545 bits per heavy atom. The standard InChI is InChI=1S/3C12H23NO4.BH3O3/c3*1-3-5-7-9(11(14)15)10(8-6-4-2)12(16)17-13;2-1(3)4/h3*9-10H,3-8,13H2,1-2H3,(H,14,15);2-4H. The van der Waals surface area contributed by atoms with E-state index in [0.29, 0.717) is 38.5 Å². The molecule has 0 aliphatic carbocycles. The second-order valence-corrected chi connectivity index (χ2v) is 13.2. The van der Waals surface area contributed by atoms with Crippen molar-refractivity contribution in [2.24, 2.45) is 53.2 Å². The molecule has 0 aliphatic heterocycles. The summed E-state index contributed by atoms with van der Waals surface area (Å²) < 4.78 is 0. The molecule has 6 atom stereocenters. The second-order valence-electron chi connectivity index (χ2n) is 13.2. The topological polar surface area (TPSA) is 330 Å². The van der Waals surface area contributed by atoms with Crippen molar-refractivity contribution in [3.63, 3.8) is 0 Å². The van der Waals surface area contributed by atoms with Crippen LogP contribution >= 0.6 is 0 Å². The highest BCUT2D eigenvalue weighted by Crippen LogP contribution is 2.27. The molecule has 0 radical (unpaired) electrons. The molecule has 0 amide bonds. The molecule has 0 aromatic rings. The van der Waals surface area contributed by atoms with Crippen LogP contribution in [0.2, 0.25) is 0 Å². The van der Waals surface area contributed by atoms with Gasteiger partial charge in [0.05, 0.1) is 35.5 Å². The number of hydrogen-bond donors (Lipinski definition) is 9. The van der Waals surface area contributed by atoms with E-state index in [-0.39, 0.29) is 0 Å². The zero-order chi connectivity index (χ0) is 43.4. The minimum absolute atomic E-state index is 0.495. The highest BCUT2D eigenvalue weighted by atomic mass is 16.7. The summed E-state index contributed by atoms with van der Waals surface area (Å²) >= 11 is 0. The summed E-state index contributed by atoms with van der Waals surface area (Å²) in [4.78, 5) is 80.7. The van der Waals surface area contributed by atoms with Gasteiger partial charge in [-0.2, -0.15) is 17.7 Å². The molecule has 0 aromatic carbocycles. The molecule has 0 rings (SSSR count). The van der Waals surface area contributed by atoms with Gasteiger partial charge in [-0.3, -0.25) is 28.8 Å². The maximum absolute atomic E-state index is 11.5. The lowest BCUT2D eigenvalue weighted by atomic mass is 9.84. The van der Waals surface area contributed by atoms with Gasteiger partial charge in [0.1, 0.15) is 0 Å². The Balaban J connectivity index is -0.000000337. The maximum Gasteiger partial charge on any atom is 0.631 e. The first kappa shape index (κ1) is 58.4. The van der Waals surface area contributed by atoms with Gasteiger partial charge in [0.15, 0.2) is 0 Å². The summed E-state index contributed by atoms with van der Waals surface area (Å²) in [6.07, 6.45) is 13.3. The van der Waals surface area contributed by atoms with Crippen molar-refractivity contribution in [3.05, 3.63) is 0 Å². The average molecular weight is 798 g/mol. The van der Waals surface area contributed by atoms with E-state index in [9.17, 15) is 28.8 Å². The smallest absolute Gasteiger partial charge is 0.481 e. The van der Waals surface area contributed by atoms with Gasteiger partial charge in [-0.1, -0.05) is 119 Å². The first-order valence-corrected chi connectivity index (χ1v) is 19.4. The van der Waals surface area contributed by atoms with Gasteiger partial charge in [-0.15, -0.1) is 0 Å². The number of carbonyl (C=O) groups excluding carboxylic acids is 3. The number of aliphatic carboxylic acids is 3. The molecule has 0 fully saturated rings. The lowest BCUT2D eigenvalue weighted by Crippen LogP contribution is -2.32. The van der Waals surface area contributed by atoms with E-state index in [1.54, 1.807) is 0 Å². The van der Waals surface area contributed by atoms with Crippen LogP contribution in [-0.2, 0) is 43.3 Å². The fraction of sp³-hybridized carbons (Fsp3) is 0.833. The number of hydrogen-bond acceptors (Lipinski definition) is 15. The van der Waals surface area contributed by atoms with Gasteiger partial charge in [-0.25, -0.2) is 0 Å². The SMILES string of the molecule is CCCCC(C(=O)O)C(CCCC)C(=O)ON.CCCCC(C(=O)O)C(CCCC)C(=O)ON.CCCCC(C(=O)O)C(CCCC)C(=O)ON.OB(O)O. The van der Waals surface area contributed by atoms with Crippen LogP contribution in [-0.4, -0.2) is 73.5 Å². The van der Waals surface area contributed by atoms with Crippen molar-refractivity contribution in [1.82, 2.24) is 0 Å². The van der Waals surface area contributed by atoms with E-state index >= 15 is 0 Å². The highest BCUT2D eigenvalue weighted by Gasteiger charge is 2.35. The number of carbonyl (C=O) groups is 6. The quantitative estimate of drug-likeness (QED) is 0.0414. The Morgan fingerprint density at radius 3 is 0.655 bits per heavy atom. The van der Waals surface area contributed by atoms with Crippen LogP contribution in [0.5, 0.6) is 0 Å². The second kappa shape index (κ2) is 38.9. The predicted molar refractivity (Wildman–Crippen MR) is 204 cm³/mol. The lowest BCUT2D eigenvalue weighted by molar-refractivity contribution is -0.159. The third-order valence-corrected chi connectivity index (χ3v) is 8.88. The first-order chi connectivity index (χ1) is 26.0. The van der Waals surface area contributed by atoms with E-state index in [1.165, 1.54) is 0 Å². The highest BCUT2D eigenvalue weighted by molar-refractivity contribution is 6.30. The molecule has 0 aliphatic rings. The van der Waals surface area contributed by atoms with Crippen LogP contribution < -0.4 is 17.7 Å². The minimum Gasteiger partial charge on any atom is -0.481 e. The minimum atomic E-state index is -2.17. The third kappa shape index (κ3) is 30.5. The Kier molecular flexibility index (Phi) is 41.3. The summed E-state index contributed by atoms with van der Waals surface area (Å²) in [5.74, 6) is 6.05. The molecule has 0 bridgehead atoms. The number of unbranched alkanes of at least 4 members (excludes halogenated alkanes) is 6. The number of rotatable bonds is 27. The van der Waals surface area contributed by atoms with Crippen LogP contribution in [0.25, 0.3) is 0 Å². The molecule has 12 N–H and O–H groups in total. The van der Waals surface area contributed by atoms with Gasteiger partial charge in [0.2, 0.25) is 0 Å². The van der Waals surface area contributed by atoms with Gasteiger partial charge >= 0.3 is 43.1 Å². The summed E-state index contributed by atoms with van der Waals surface area (Å²) in [5, 5.41) is 49.0. The van der Waals surface area contributed by atoms with Crippen molar-refractivity contribution in [2.75, 3.05) is 0 Å². The molecule has 0 saturated heterocycles. The Bertz CT molecular complexity index is 901. The summed E-state index contributed by atoms with van der Waals surface area (Å²) in [6.45, 7) is 11.9.